The van der Waals surface area contributed by atoms with Crippen LogP contribution in [0, 0.1) is 10.7 Å². The molecule has 0 unspecified atom stereocenters. The fourth-order valence-corrected chi connectivity index (χ4v) is 7.23. The van der Waals surface area contributed by atoms with E-state index in [1.807, 2.05) is 24.3 Å². The van der Waals surface area contributed by atoms with Gasteiger partial charge in [0.05, 0.1) is 17.1 Å². The standard InChI is InChI=1S/C22H24Cl2N4O2S/c1-2-15-13-27(14-18-6-3-4-9-26-18)22(29)21-8-5-7-20(15)28(21)31(25,30)19-11-16(23)10-17(24)12-19/h2-4,6,9-12,15,20-21,25H,1,5,7-8,13-14H2/t15-,20+,21-,31-/m0/s1. The van der Waals surface area contributed by atoms with Gasteiger partial charge in [-0.05, 0) is 49.6 Å². The van der Waals surface area contributed by atoms with Gasteiger partial charge in [-0.3, -0.25) is 9.78 Å². The average Bonchev–Trinajstić information content (AvgIpc) is 2.81. The number of hydrogen-bond donors (Lipinski definition) is 1. The quantitative estimate of drug-likeness (QED) is 0.628. The van der Waals surface area contributed by atoms with Crippen molar-refractivity contribution in [2.75, 3.05) is 6.54 Å². The van der Waals surface area contributed by atoms with E-state index in [-0.39, 0.29) is 22.8 Å². The Bertz CT molecular complexity index is 1070. The number of aromatic nitrogens is 1. The molecule has 2 aliphatic rings. The second-order valence-corrected chi connectivity index (χ2v) is 10.8. The predicted octanol–water partition coefficient (Wildman–Crippen LogP) is 4.78. The molecule has 0 aliphatic carbocycles. The van der Waals surface area contributed by atoms with Gasteiger partial charge in [0.1, 0.15) is 16.0 Å². The van der Waals surface area contributed by atoms with Crippen LogP contribution in [0.4, 0.5) is 0 Å². The first-order valence-electron chi connectivity index (χ1n) is 10.2. The average molecular weight is 479 g/mol. The fourth-order valence-electron chi connectivity index (χ4n) is 4.56. The summed E-state index contributed by atoms with van der Waals surface area (Å²) in [6, 6.07) is 9.25. The number of pyridine rings is 1. The third-order valence-electron chi connectivity index (χ3n) is 5.97. The summed E-state index contributed by atoms with van der Waals surface area (Å²) in [5.74, 6) is -0.258. The molecule has 1 amide bonds. The van der Waals surface area contributed by atoms with E-state index < -0.39 is 16.0 Å². The van der Waals surface area contributed by atoms with Gasteiger partial charge in [0.25, 0.3) is 0 Å². The van der Waals surface area contributed by atoms with E-state index in [4.69, 9.17) is 28.0 Å². The Morgan fingerprint density at radius 1 is 1.23 bits per heavy atom. The molecule has 0 saturated carbocycles. The van der Waals surface area contributed by atoms with Crippen molar-refractivity contribution in [3.05, 3.63) is 71.0 Å². The van der Waals surface area contributed by atoms with Crippen molar-refractivity contribution in [2.24, 2.45) is 5.92 Å². The van der Waals surface area contributed by atoms with E-state index in [2.05, 4.69) is 11.6 Å². The van der Waals surface area contributed by atoms with Crippen molar-refractivity contribution < 1.29 is 9.00 Å². The molecule has 1 aromatic heterocycles. The van der Waals surface area contributed by atoms with Crippen LogP contribution in [0.1, 0.15) is 25.0 Å². The number of amides is 1. The molecular formula is C22H24Cl2N4O2S. The van der Waals surface area contributed by atoms with Gasteiger partial charge in [-0.15, -0.1) is 6.58 Å². The molecule has 2 fully saturated rings. The van der Waals surface area contributed by atoms with Crippen LogP contribution in [0.25, 0.3) is 0 Å². The van der Waals surface area contributed by atoms with Crippen LogP contribution in [0.5, 0.6) is 0 Å². The maximum Gasteiger partial charge on any atom is 0.241 e. The molecule has 0 spiro atoms. The van der Waals surface area contributed by atoms with Gasteiger partial charge in [-0.1, -0.05) is 35.3 Å². The molecule has 2 aromatic rings. The Morgan fingerprint density at radius 3 is 2.61 bits per heavy atom. The number of nitrogens with one attached hydrogen (secondary N) is 1. The minimum absolute atomic E-state index is 0.126. The molecule has 164 valence electrons. The van der Waals surface area contributed by atoms with Crippen molar-refractivity contribution >= 4 is 39.0 Å². The first kappa shape index (κ1) is 22.3. The third kappa shape index (κ3) is 4.37. The van der Waals surface area contributed by atoms with Crippen molar-refractivity contribution in [2.45, 2.75) is 42.8 Å². The zero-order valence-electron chi connectivity index (χ0n) is 16.9. The number of nitrogens with zero attached hydrogens (tertiary/aromatic N) is 3. The van der Waals surface area contributed by atoms with Gasteiger partial charge in [0.2, 0.25) is 5.91 Å². The van der Waals surface area contributed by atoms with E-state index in [9.17, 15) is 9.00 Å². The second kappa shape index (κ2) is 8.90. The Morgan fingerprint density at radius 2 is 1.97 bits per heavy atom. The van der Waals surface area contributed by atoms with Crippen LogP contribution in [0.3, 0.4) is 0 Å². The number of benzene rings is 1. The Balaban J connectivity index is 1.76. The number of hydrogen-bond acceptors (Lipinski definition) is 4. The minimum atomic E-state index is -3.51. The molecule has 2 saturated heterocycles. The lowest BCUT2D eigenvalue weighted by atomic mass is 9.90. The first-order valence-corrected chi connectivity index (χ1v) is 12.4. The molecule has 9 heteroatoms. The molecule has 4 rings (SSSR count). The molecule has 1 aromatic carbocycles. The molecule has 4 atom stereocenters. The highest BCUT2D eigenvalue weighted by molar-refractivity contribution is 7.90. The van der Waals surface area contributed by atoms with Gasteiger partial charge in [0.15, 0.2) is 0 Å². The van der Waals surface area contributed by atoms with E-state index >= 15 is 0 Å². The van der Waals surface area contributed by atoms with E-state index in [1.165, 1.54) is 18.2 Å². The van der Waals surface area contributed by atoms with Crippen molar-refractivity contribution in [3.63, 3.8) is 0 Å². The zero-order chi connectivity index (χ0) is 22.2. The van der Waals surface area contributed by atoms with Crippen molar-refractivity contribution in [1.82, 2.24) is 14.2 Å². The Hall–Kier alpha value is -1.93. The number of carbonyl (C=O) groups is 1. The highest BCUT2D eigenvalue weighted by atomic mass is 35.5. The maximum absolute atomic E-state index is 13.9. The van der Waals surface area contributed by atoms with E-state index in [1.54, 1.807) is 15.4 Å². The summed E-state index contributed by atoms with van der Waals surface area (Å²) in [6.45, 7) is 4.79. The first-order chi connectivity index (χ1) is 14.8. The number of carbonyl (C=O) groups excluding carboxylic acids is 1. The van der Waals surface area contributed by atoms with Crippen molar-refractivity contribution in [1.29, 1.82) is 4.78 Å². The summed E-state index contributed by atoms with van der Waals surface area (Å²) in [5, 5.41) is 0.622. The van der Waals surface area contributed by atoms with Crippen LogP contribution >= 0.6 is 23.2 Å². The molecule has 1 N–H and O–H groups in total. The van der Waals surface area contributed by atoms with Gasteiger partial charge in [0, 0.05) is 34.7 Å². The maximum atomic E-state index is 13.9. The fraction of sp³-hybridized carbons (Fsp3) is 0.364. The second-order valence-electron chi connectivity index (χ2n) is 7.94. The zero-order valence-corrected chi connectivity index (χ0v) is 19.2. The molecular weight excluding hydrogens is 455 g/mol. The van der Waals surface area contributed by atoms with Crippen LogP contribution < -0.4 is 0 Å². The molecule has 2 aliphatic heterocycles. The number of rotatable bonds is 5. The van der Waals surface area contributed by atoms with Crippen LogP contribution in [-0.4, -0.2) is 42.9 Å². The summed E-state index contributed by atoms with van der Waals surface area (Å²) >= 11 is 12.3. The summed E-state index contributed by atoms with van der Waals surface area (Å²) < 4.78 is 24.5. The number of piperidine rings is 1. The summed E-state index contributed by atoms with van der Waals surface area (Å²) in [5.41, 5.74) is 0.787. The van der Waals surface area contributed by atoms with Gasteiger partial charge in [-0.25, -0.2) is 8.99 Å². The Kier molecular flexibility index (Phi) is 6.40. The Labute approximate surface area is 193 Å². The number of halogens is 2. The number of fused-ring (bicyclic) bond motifs is 2. The normalized spacial score (nSPS) is 26.2. The van der Waals surface area contributed by atoms with Crippen molar-refractivity contribution in [3.8, 4) is 0 Å². The lowest BCUT2D eigenvalue weighted by molar-refractivity contribution is -0.135. The largest absolute Gasteiger partial charge is 0.335 e. The smallest absolute Gasteiger partial charge is 0.241 e. The lowest BCUT2D eigenvalue weighted by Gasteiger charge is -2.41. The van der Waals surface area contributed by atoms with Crippen LogP contribution in [0.15, 0.2) is 60.1 Å². The minimum Gasteiger partial charge on any atom is -0.335 e. The third-order valence-corrected chi connectivity index (χ3v) is 8.40. The van der Waals surface area contributed by atoms with E-state index in [0.29, 0.717) is 29.6 Å². The summed E-state index contributed by atoms with van der Waals surface area (Å²) in [4.78, 5) is 19.9. The highest BCUT2D eigenvalue weighted by Gasteiger charge is 2.48. The SMILES string of the molecule is C=C[C@H]1CN(Cc2ccccn2)C(=O)[C@@H]2CCC[C@H]1N2[S@](=N)(=O)c1cc(Cl)cc(Cl)c1. The van der Waals surface area contributed by atoms with Crippen LogP contribution in [-0.2, 0) is 21.3 Å². The summed E-state index contributed by atoms with van der Waals surface area (Å²) in [7, 11) is -3.51. The van der Waals surface area contributed by atoms with Gasteiger partial charge < -0.3 is 4.90 Å². The monoisotopic (exact) mass is 478 g/mol. The molecule has 3 heterocycles. The molecule has 2 bridgehead atoms. The van der Waals surface area contributed by atoms with Gasteiger partial charge >= 0.3 is 0 Å². The lowest BCUT2D eigenvalue weighted by Crippen LogP contribution is -2.54. The van der Waals surface area contributed by atoms with Crippen LogP contribution in [0.2, 0.25) is 10.0 Å². The summed E-state index contributed by atoms with van der Waals surface area (Å²) in [6.07, 6.45) is 5.62. The molecule has 0 radical (unpaired) electrons. The highest BCUT2D eigenvalue weighted by Crippen LogP contribution is 2.39. The molecule has 31 heavy (non-hydrogen) atoms. The van der Waals surface area contributed by atoms with E-state index in [0.717, 1.165) is 18.5 Å². The topological polar surface area (TPSA) is 77.4 Å². The predicted molar refractivity (Wildman–Crippen MR) is 122 cm³/mol. The van der Waals surface area contributed by atoms with Gasteiger partial charge in [-0.2, -0.15) is 4.31 Å². The molecule has 6 nitrogen and oxygen atoms in total.